The number of methoxy groups -OCH3 is 2. The molecule has 0 amide bonds. The van der Waals surface area contributed by atoms with E-state index < -0.39 is 0 Å². The lowest BCUT2D eigenvalue weighted by Gasteiger charge is -2.27. The minimum atomic E-state index is 0.104. The molecule has 2 unspecified atom stereocenters. The maximum absolute atomic E-state index is 12.5. The van der Waals surface area contributed by atoms with Gasteiger partial charge in [-0.15, -0.1) is 0 Å². The first-order chi connectivity index (χ1) is 9.63. The largest absolute Gasteiger partial charge is 0.497 e. The Morgan fingerprint density at radius 3 is 2.80 bits per heavy atom. The van der Waals surface area contributed by atoms with Crippen LogP contribution in [0.25, 0.3) is 0 Å². The molecule has 0 aromatic heterocycles. The lowest BCUT2D eigenvalue weighted by atomic mass is 9.90. The Kier molecular flexibility index (Phi) is 5.01. The molecule has 1 aromatic rings. The number of piperidine rings is 1. The fourth-order valence-electron chi connectivity index (χ4n) is 2.74. The van der Waals surface area contributed by atoms with Gasteiger partial charge in [0, 0.05) is 12.5 Å². The zero-order valence-corrected chi connectivity index (χ0v) is 12.4. The molecule has 4 heteroatoms. The summed E-state index contributed by atoms with van der Waals surface area (Å²) < 4.78 is 10.5. The number of hydrogen-bond donors (Lipinski definition) is 1. The Morgan fingerprint density at radius 1 is 1.35 bits per heavy atom. The smallest absolute Gasteiger partial charge is 0.168 e. The second-order valence-electron chi connectivity index (χ2n) is 5.47. The predicted molar refractivity (Wildman–Crippen MR) is 78.7 cm³/mol. The second kappa shape index (κ2) is 6.75. The van der Waals surface area contributed by atoms with Crippen molar-refractivity contribution in [3.63, 3.8) is 0 Å². The number of Topliss-reactive ketones (excluding diaryl/α,β-unsaturated/α-hetero) is 1. The van der Waals surface area contributed by atoms with Crippen molar-refractivity contribution >= 4 is 5.78 Å². The fourth-order valence-corrected chi connectivity index (χ4v) is 2.74. The lowest BCUT2D eigenvalue weighted by Crippen LogP contribution is -2.38. The van der Waals surface area contributed by atoms with Crippen LogP contribution < -0.4 is 14.8 Å². The number of carbonyl (C=O) groups excluding carboxylic acids is 1. The van der Waals surface area contributed by atoms with Gasteiger partial charge in [-0.25, -0.2) is 0 Å². The molecule has 1 saturated heterocycles. The highest BCUT2D eigenvalue weighted by molar-refractivity contribution is 5.99. The molecule has 1 heterocycles. The highest BCUT2D eigenvalue weighted by Crippen LogP contribution is 2.27. The minimum Gasteiger partial charge on any atom is -0.497 e. The van der Waals surface area contributed by atoms with Crippen LogP contribution in [0.1, 0.15) is 36.5 Å². The molecule has 0 spiro atoms. The number of ether oxygens (including phenoxy) is 2. The highest BCUT2D eigenvalue weighted by atomic mass is 16.5. The summed E-state index contributed by atoms with van der Waals surface area (Å²) in [5, 5.41) is 3.42. The van der Waals surface area contributed by atoms with E-state index in [1.807, 2.05) is 0 Å². The van der Waals surface area contributed by atoms with Gasteiger partial charge < -0.3 is 14.8 Å². The van der Waals surface area contributed by atoms with E-state index >= 15 is 0 Å². The number of benzene rings is 1. The van der Waals surface area contributed by atoms with Crippen LogP contribution >= 0.6 is 0 Å². The Bertz CT molecular complexity index is 473. The van der Waals surface area contributed by atoms with Gasteiger partial charge in [0.25, 0.3) is 0 Å². The van der Waals surface area contributed by atoms with E-state index in [2.05, 4.69) is 12.2 Å². The monoisotopic (exact) mass is 277 g/mol. The van der Waals surface area contributed by atoms with Crippen molar-refractivity contribution in [1.29, 1.82) is 0 Å². The summed E-state index contributed by atoms with van der Waals surface area (Å²) in [5.74, 6) is 2.08. The topological polar surface area (TPSA) is 47.6 Å². The quantitative estimate of drug-likeness (QED) is 0.841. The van der Waals surface area contributed by atoms with Gasteiger partial charge in [0.15, 0.2) is 5.78 Å². The summed E-state index contributed by atoms with van der Waals surface area (Å²) in [4.78, 5) is 12.5. The number of hydrogen-bond acceptors (Lipinski definition) is 4. The van der Waals surface area contributed by atoms with Crippen LogP contribution in [0.4, 0.5) is 0 Å². The molecule has 0 saturated carbocycles. The molecule has 0 radical (unpaired) electrons. The molecule has 0 aliphatic carbocycles. The summed E-state index contributed by atoms with van der Waals surface area (Å²) in [6, 6.07) is 5.61. The molecule has 1 aromatic carbocycles. The molecule has 2 rings (SSSR count). The Hall–Kier alpha value is -1.55. The molecule has 1 fully saturated rings. The van der Waals surface area contributed by atoms with Crippen molar-refractivity contribution in [2.75, 3.05) is 20.8 Å². The van der Waals surface area contributed by atoms with Crippen LogP contribution in [0, 0.1) is 5.92 Å². The third kappa shape index (κ3) is 3.51. The van der Waals surface area contributed by atoms with E-state index in [0.717, 1.165) is 13.0 Å². The van der Waals surface area contributed by atoms with Crippen molar-refractivity contribution in [1.82, 2.24) is 5.32 Å². The predicted octanol–water partition coefficient (Wildman–Crippen LogP) is 2.66. The molecule has 1 aliphatic rings. The highest BCUT2D eigenvalue weighted by Gasteiger charge is 2.23. The van der Waals surface area contributed by atoms with Gasteiger partial charge in [0.2, 0.25) is 0 Å². The normalized spacial score (nSPS) is 22.4. The molecule has 4 nitrogen and oxygen atoms in total. The SMILES string of the molecule is COc1ccc(OC)c(C(=O)CC2CC(C)CCN2)c1. The van der Waals surface area contributed by atoms with E-state index in [0.29, 0.717) is 29.4 Å². The van der Waals surface area contributed by atoms with Crippen molar-refractivity contribution in [3.05, 3.63) is 23.8 Å². The zero-order valence-electron chi connectivity index (χ0n) is 12.4. The van der Waals surface area contributed by atoms with Gasteiger partial charge in [0.05, 0.1) is 19.8 Å². The first-order valence-electron chi connectivity index (χ1n) is 7.12. The standard InChI is InChI=1S/C16H23NO3/c1-11-6-7-17-12(8-11)9-15(18)14-10-13(19-2)4-5-16(14)20-3/h4-5,10-12,17H,6-9H2,1-3H3. The molecule has 1 aliphatic heterocycles. The summed E-state index contributed by atoms with van der Waals surface area (Å²) in [6.07, 6.45) is 2.75. The molecule has 20 heavy (non-hydrogen) atoms. The Labute approximate surface area is 120 Å². The first kappa shape index (κ1) is 14.9. The minimum absolute atomic E-state index is 0.104. The van der Waals surface area contributed by atoms with Crippen LogP contribution in [0.15, 0.2) is 18.2 Å². The van der Waals surface area contributed by atoms with E-state index in [9.17, 15) is 4.79 Å². The molecule has 110 valence electrons. The van der Waals surface area contributed by atoms with Crippen LogP contribution in [0.2, 0.25) is 0 Å². The van der Waals surface area contributed by atoms with Crippen LogP contribution in [0.3, 0.4) is 0 Å². The maximum atomic E-state index is 12.5. The average molecular weight is 277 g/mol. The van der Waals surface area contributed by atoms with E-state index in [1.54, 1.807) is 32.4 Å². The van der Waals surface area contributed by atoms with Crippen molar-refractivity contribution in [2.24, 2.45) is 5.92 Å². The summed E-state index contributed by atoms with van der Waals surface area (Å²) in [6.45, 7) is 3.23. The van der Waals surface area contributed by atoms with Crippen LogP contribution in [-0.4, -0.2) is 32.6 Å². The van der Waals surface area contributed by atoms with E-state index in [-0.39, 0.29) is 11.8 Å². The summed E-state index contributed by atoms with van der Waals surface area (Å²) in [5.41, 5.74) is 0.604. The summed E-state index contributed by atoms with van der Waals surface area (Å²) in [7, 11) is 3.18. The fraction of sp³-hybridized carbons (Fsp3) is 0.562. The Morgan fingerprint density at radius 2 is 2.15 bits per heavy atom. The van der Waals surface area contributed by atoms with Crippen molar-refractivity contribution < 1.29 is 14.3 Å². The number of ketones is 1. The van der Waals surface area contributed by atoms with Crippen molar-refractivity contribution in [3.8, 4) is 11.5 Å². The summed E-state index contributed by atoms with van der Waals surface area (Å²) >= 11 is 0. The third-order valence-electron chi connectivity index (χ3n) is 3.90. The molecular formula is C16H23NO3. The van der Waals surface area contributed by atoms with Gasteiger partial charge in [-0.05, 0) is 43.5 Å². The maximum Gasteiger partial charge on any atom is 0.168 e. The van der Waals surface area contributed by atoms with Gasteiger partial charge in [-0.3, -0.25) is 4.79 Å². The zero-order chi connectivity index (χ0) is 14.5. The first-order valence-corrected chi connectivity index (χ1v) is 7.12. The molecule has 2 atom stereocenters. The number of rotatable bonds is 5. The molecular weight excluding hydrogens is 254 g/mol. The van der Waals surface area contributed by atoms with Crippen LogP contribution in [0.5, 0.6) is 11.5 Å². The molecule has 0 bridgehead atoms. The van der Waals surface area contributed by atoms with Gasteiger partial charge >= 0.3 is 0 Å². The lowest BCUT2D eigenvalue weighted by molar-refractivity contribution is 0.0955. The van der Waals surface area contributed by atoms with E-state index in [1.165, 1.54) is 6.42 Å². The van der Waals surface area contributed by atoms with Crippen molar-refractivity contribution in [2.45, 2.75) is 32.2 Å². The van der Waals surface area contributed by atoms with Gasteiger partial charge in [0.1, 0.15) is 11.5 Å². The third-order valence-corrected chi connectivity index (χ3v) is 3.90. The average Bonchev–Trinajstić information content (AvgIpc) is 2.46. The number of nitrogens with one attached hydrogen (secondary N) is 1. The second-order valence-corrected chi connectivity index (χ2v) is 5.47. The van der Waals surface area contributed by atoms with Gasteiger partial charge in [-0.1, -0.05) is 6.92 Å². The number of carbonyl (C=O) groups is 1. The van der Waals surface area contributed by atoms with Crippen LogP contribution in [-0.2, 0) is 0 Å². The molecule has 1 N–H and O–H groups in total. The van der Waals surface area contributed by atoms with Gasteiger partial charge in [-0.2, -0.15) is 0 Å². The Balaban J connectivity index is 2.11. The van der Waals surface area contributed by atoms with E-state index in [4.69, 9.17) is 9.47 Å².